The van der Waals surface area contributed by atoms with Crippen molar-refractivity contribution in [3.05, 3.63) is 0 Å². The number of hydrogen-bond donors (Lipinski definition) is 0. The minimum atomic E-state index is -1.81. The lowest BCUT2D eigenvalue weighted by Gasteiger charge is -2.34. The second-order valence-electron chi connectivity index (χ2n) is 26.6. The van der Waals surface area contributed by atoms with Crippen LogP contribution in [0.4, 0.5) is 0 Å². The lowest BCUT2D eigenvalue weighted by molar-refractivity contribution is 0.134. The zero-order valence-corrected chi connectivity index (χ0v) is 55.7. The Morgan fingerprint density at radius 2 is 0.671 bits per heavy atom. The predicted octanol–water partition coefficient (Wildman–Crippen LogP) is 26.1. The Labute approximate surface area is 488 Å². The highest BCUT2D eigenvalue weighted by atomic mass is 16.5. The molecule has 6 fully saturated rings. The van der Waals surface area contributed by atoms with Gasteiger partial charge in [-0.2, -0.15) is 0 Å². The Hall–Kier alpha value is -0.0800. The van der Waals surface area contributed by atoms with E-state index in [1.807, 2.05) is 62.3 Å². The van der Waals surface area contributed by atoms with E-state index in [-0.39, 0.29) is 23.1 Å². The largest absolute Gasteiger partial charge is 0.388 e. The topological polar surface area (TPSA) is 18.5 Å². The molecule has 0 unspecified atom stereocenters. The molecule has 0 spiro atoms. The maximum absolute atomic E-state index is 7.63. The molecular weight excluding hydrogens is 885 g/mol. The minimum absolute atomic E-state index is 0.0556. The van der Waals surface area contributed by atoms with Gasteiger partial charge in [-0.1, -0.05) is 345 Å². The van der Waals surface area contributed by atoms with Crippen LogP contribution in [0.2, 0.25) is 0 Å². The van der Waals surface area contributed by atoms with Gasteiger partial charge in [0.05, 0.1) is 6.10 Å². The second-order valence-corrected chi connectivity index (χ2v) is 26.6. The van der Waals surface area contributed by atoms with Gasteiger partial charge in [0.1, 0.15) is 0 Å². The number of hydrogen-bond acceptors (Lipinski definition) is 2. The van der Waals surface area contributed by atoms with Crippen LogP contribution in [-0.2, 0) is 9.47 Å². The van der Waals surface area contributed by atoms with E-state index in [9.17, 15) is 0 Å². The second kappa shape index (κ2) is 58.1. The van der Waals surface area contributed by atoms with Crippen molar-refractivity contribution in [1.29, 1.82) is 0 Å². The quantitative estimate of drug-likeness (QED) is 0.273. The lowest BCUT2D eigenvalue weighted by Crippen LogP contribution is -2.22. The average Bonchev–Trinajstić information content (AvgIpc) is 4.05. The maximum atomic E-state index is 7.63. The van der Waals surface area contributed by atoms with Crippen molar-refractivity contribution < 1.29 is 27.3 Å². The molecule has 0 aliphatic heterocycles. The Morgan fingerprint density at radius 3 is 0.849 bits per heavy atom. The normalized spacial score (nSPS) is 25.0. The number of ether oxygens (including phenoxy) is 2. The van der Waals surface area contributed by atoms with Gasteiger partial charge < -0.3 is 9.47 Å². The fourth-order valence-electron chi connectivity index (χ4n) is 8.10. The summed E-state index contributed by atoms with van der Waals surface area (Å²) in [6.45, 7) is 42.9. The van der Waals surface area contributed by atoms with Crippen LogP contribution in [0.25, 0.3) is 0 Å². The van der Waals surface area contributed by atoms with Crippen LogP contribution in [0.5, 0.6) is 0 Å². The van der Waals surface area contributed by atoms with E-state index in [0.29, 0.717) is 23.4 Å². The smallest absolute Gasteiger partial charge is 0.0515 e. The summed E-state index contributed by atoms with van der Waals surface area (Å²) in [7, 11) is 4.95. The molecule has 0 amide bonds. The van der Waals surface area contributed by atoms with Crippen LogP contribution >= 0.6 is 0 Å². The van der Waals surface area contributed by atoms with E-state index < -0.39 is 37.8 Å². The molecule has 0 N–H and O–H groups in total. The van der Waals surface area contributed by atoms with Gasteiger partial charge in [-0.3, -0.25) is 0 Å². The van der Waals surface area contributed by atoms with E-state index in [0.717, 1.165) is 69.1 Å². The van der Waals surface area contributed by atoms with E-state index >= 15 is 0 Å². The highest BCUT2D eigenvalue weighted by molar-refractivity contribution is 4.78. The Kier molecular flexibility index (Phi) is 47.0. The molecule has 0 aromatic heterocycles. The molecule has 450 valence electrons. The van der Waals surface area contributed by atoms with E-state index in [2.05, 4.69) is 53.2 Å². The lowest BCUT2D eigenvalue weighted by atomic mass is 9.71. The van der Waals surface area contributed by atoms with Crippen molar-refractivity contribution in [2.45, 2.75) is 377 Å². The molecular formula is C71H154O2. The third kappa shape index (κ3) is 88.8. The summed E-state index contributed by atoms with van der Waals surface area (Å²) >= 11 is 0. The highest BCUT2D eigenvalue weighted by Gasteiger charge is 2.27. The van der Waals surface area contributed by atoms with Crippen LogP contribution in [0, 0.1) is 63.5 Å². The summed E-state index contributed by atoms with van der Waals surface area (Å²) in [5, 5.41) is 0. The monoisotopic (exact) mass is 1050 g/mol. The molecule has 6 rings (SSSR count). The molecule has 0 bridgehead atoms. The molecule has 2 heteroatoms. The zero-order chi connectivity index (χ0) is 69.3. The van der Waals surface area contributed by atoms with Gasteiger partial charge >= 0.3 is 0 Å². The van der Waals surface area contributed by atoms with Crippen LogP contribution in [-0.4, -0.2) is 27.4 Å². The molecule has 0 aromatic rings. The average molecular weight is 1050 g/mol. The molecule has 2 nitrogen and oxygen atoms in total. The van der Waals surface area contributed by atoms with Crippen molar-refractivity contribution in [1.82, 2.24) is 0 Å². The van der Waals surface area contributed by atoms with Crippen molar-refractivity contribution in [2.24, 2.45) is 63.5 Å². The van der Waals surface area contributed by atoms with Crippen LogP contribution in [0.1, 0.15) is 389 Å². The predicted molar refractivity (Wildman–Crippen MR) is 343 cm³/mol. The first-order valence-electron chi connectivity index (χ1n) is 37.5. The minimum Gasteiger partial charge on any atom is -0.388 e. The number of methoxy groups -OCH3 is 2. The van der Waals surface area contributed by atoms with E-state index in [1.54, 1.807) is 95.5 Å². The molecule has 0 radical (unpaired) electrons. The first kappa shape index (κ1) is 59.1. The Morgan fingerprint density at radius 1 is 0.452 bits per heavy atom. The summed E-state index contributed by atoms with van der Waals surface area (Å²) in [6.07, 6.45) is 33.1. The summed E-state index contributed by atoms with van der Waals surface area (Å²) < 4.78 is 103. The SMILES string of the molecule is CC(C)(C)C.CC1CCC(C2CCCCC2)CC1.CCC.COC.COC(C)C.[2H]C([2H])(C)C(C)(C)C.[2H]C([2H])(C)C(C)C.[2H]C([2H])(C)C1CCCC1.[2H]C([2H])(C)C1CCCCC1.[2H]C([2H])([2H])C(C)(C)C.[2H]C1(C)CCCC1.[2H]C1(C)CCCCC1. The standard InChI is InChI=1S/C13H24.C8H16.2C7H14.C6H12.C6H14.3C5H12.C4H10O.C3H8.C2H6O/c1-11-7-9-13(10-8-11)12-5-3-2-4-6-12;1-2-8-6-4-3-5-7-8;1-7-5-3-2-4-6-7;1-2-7-5-3-4-6-7;1-6-4-2-3-5-6;1-5-6(2,3)4;2*1-5(2,3)4;1-4-5(2)3;1-4(2)5-3;2*1-3-2/h11-13H,2-10H2,1H3;8H,2-7H2,1H3;2*7H,2-6H2,1H3;6H,2-5H2,1H3;5H2,1-4H3;2*1-4H3;5H,4H2,1-3H3;4H,1-3H3;3H2,1-2H3;1-2H3/i;2D2;7D;2D2;6D;5D2;1D3;;4D2;;;. The first-order chi connectivity index (χ1) is 38.5. The number of rotatable bonds is 5. The van der Waals surface area contributed by atoms with Crippen LogP contribution < -0.4 is 0 Å². The van der Waals surface area contributed by atoms with Gasteiger partial charge in [-0.15, -0.1) is 0 Å². The summed E-state index contributed by atoms with van der Waals surface area (Å²) in [6, 6.07) is 0. The fourth-order valence-corrected chi connectivity index (χ4v) is 8.10. The molecule has 6 aliphatic rings. The molecule has 0 saturated heterocycles. The summed E-state index contributed by atoms with van der Waals surface area (Å²) in [4.78, 5) is 0. The molecule has 6 saturated carbocycles. The van der Waals surface area contributed by atoms with Gasteiger partial charge in [0.25, 0.3) is 0 Å². The van der Waals surface area contributed by atoms with Gasteiger partial charge in [0.2, 0.25) is 0 Å². The van der Waals surface area contributed by atoms with Gasteiger partial charge in [-0.05, 0) is 90.2 Å². The first-order valence-corrected chi connectivity index (χ1v) is 31.0. The molecule has 0 aromatic carbocycles. The highest BCUT2D eigenvalue weighted by Crippen LogP contribution is 2.39. The third-order valence-electron chi connectivity index (χ3n) is 13.1. The van der Waals surface area contributed by atoms with Crippen LogP contribution in [0.15, 0.2) is 0 Å². The van der Waals surface area contributed by atoms with Crippen molar-refractivity contribution in [3.8, 4) is 0 Å². The Bertz CT molecular complexity index is 1380. The molecule has 0 atom stereocenters. The van der Waals surface area contributed by atoms with E-state index in [1.165, 1.54) is 103 Å². The van der Waals surface area contributed by atoms with Crippen LogP contribution in [0.3, 0.4) is 0 Å². The molecule has 6 aliphatic carbocycles. The fraction of sp³-hybridized carbons (Fsp3) is 1.00. The third-order valence-corrected chi connectivity index (χ3v) is 13.1. The summed E-state index contributed by atoms with van der Waals surface area (Å²) in [5.41, 5.74) is -0.292. The van der Waals surface area contributed by atoms with Gasteiger partial charge in [-0.25, -0.2) is 0 Å². The zero-order valence-electron chi connectivity index (χ0n) is 68.7. The van der Waals surface area contributed by atoms with Gasteiger partial charge in [0, 0.05) is 39.1 Å². The maximum Gasteiger partial charge on any atom is 0.0515 e. The summed E-state index contributed by atoms with van der Waals surface area (Å²) in [5.74, 6) is 3.96. The van der Waals surface area contributed by atoms with E-state index in [4.69, 9.17) is 22.6 Å². The van der Waals surface area contributed by atoms with Crippen molar-refractivity contribution in [2.75, 3.05) is 21.3 Å². The molecule has 73 heavy (non-hydrogen) atoms. The van der Waals surface area contributed by atoms with Gasteiger partial charge in [0.15, 0.2) is 0 Å². The molecule has 0 heterocycles. The van der Waals surface area contributed by atoms with Crippen molar-refractivity contribution >= 4 is 0 Å². The Balaban J connectivity index is -0.000000207. The van der Waals surface area contributed by atoms with Crippen molar-refractivity contribution in [3.63, 3.8) is 0 Å².